The predicted molar refractivity (Wildman–Crippen MR) is 74.4 cm³/mol. The summed E-state index contributed by atoms with van der Waals surface area (Å²) in [7, 11) is 1.49. The van der Waals surface area contributed by atoms with Gasteiger partial charge in [0.25, 0.3) is 0 Å². The van der Waals surface area contributed by atoms with Crippen molar-refractivity contribution in [3.8, 4) is 16.9 Å². The molecule has 0 saturated carbocycles. The lowest BCUT2D eigenvalue weighted by Crippen LogP contribution is -2.06. The van der Waals surface area contributed by atoms with Crippen molar-refractivity contribution >= 4 is 11.0 Å². The van der Waals surface area contributed by atoms with Crippen LogP contribution in [0.1, 0.15) is 0 Å². The van der Waals surface area contributed by atoms with Crippen LogP contribution in [0.25, 0.3) is 22.1 Å². The Morgan fingerprint density at radius 1 is 1.05 bits per heavy atom. The van der Waals surface area contributed by atoms with Gasteiger partial charge in [-0.2, -0.15) is 0 Å². The molecule has 0 N–H and O–H groups in total. The van der Waals surface area contributed by atoms with Crippen molar-refractivity contribution in [3.63, 3.8) is 0 Å². The Balaban J connectivity index is 2.37. The second-order valence-electron chi connectivity index (χ2n) is 4.30. The van der Waals surface area contributed by atoms with Gasteiger partial charge in [0, 0.05) is 0 Å². The van der Waals surface area contributed by atoms with E-state index < -0.39 is 5.63 Å². The SMILES string of the molecule is COc1c(-c2ccc(F)cc2)c(=O)oc2ccccc12. The van der Waals surface area contributed by atoms with Gasteiger partial charge in [-0.05, 0) is 29.8 Å². The number of halogens is 1. The largest absolute Gasteiger partial charge is 0.495 e. The summed E-state index contributed by atoms with van der Waals surface area (Å²) in [6.45, 7) is 0. The van der Waals surface area contributed by atoms with E-state index in [0.29, 0.717) is 27.8 Å². The molecule has 0 unspecified atom stereocenters. The molecule has 100 valence electrons. The van der Waals surface area contributed by atoms with Crippen molar-refractivity contribution in [2.75, 3.05) is 7.11 Å². The van der Waals surface area contributed by atoms with E-state index in [4.69, 9.17) is 9.15 Å². The number of fused-ring (bicyclic) bond motifs is 1. The lowest BCUT2D eigenvalue weighted by atomic mass is 10.0. The van der Waals surface area contributed by atoms with Crippen LogP contribution < -0.4 is 10.4 Å². The van der Waals surface area contributed by atoms with Gasteiger partial charge in [-0.1, -0.05) is 24.3 Å². The second kappa shape index (κ2) is 4.81. The maximum Gasteiger partial charge on any atom is 0.347 e. The Kier molecular flexibility index (Phi) is 2.99. The van der Waals surface area contributed by atoms with Crippen molar-refractivity contribution < 1.29 is 13.5 Å². The van der Waals surface area contributed by atoms with Crippen LogP contribution in [0.5, 0.6) is 5.75 Å². The summed E-state index contributed by atoms with van der Waals surface area (Å²) >= 11 is 0. The number of hydrogen-bond acceptors (Lipinski definition) is 3. The average molecular weight is 270 g/mol. The van der Waals surface area contributed by atoms with Crippen molar-refractivity contribution in [3.05, 3.63) is 64.8 Å². The molecule has 3 aromatic rings. The molecule has 4 heteroatoms. The average Bonchev–Trinajstić information content (AvgIpc) is 2.47. The zero-order valence-electron chi connectivity index (χ0n) is 10.7. The van der Waals surface area contributed by atoms with Gasteiger partial charge in [-0.25, -0.2) is 9.18 Å². The number of ether oxygens (including phenoxy) is 1. The quantitative estimate of drug-likeness (QED) is 0.668. The number of benzene rings is 2. The van der Waals surface area contributed by atoms with Gasteiger partial charge in [0.15, 0.2) is 0 Å². The molecule has 0 atom stereocenters. The number of methoxy groups -OCH3 is 1. The van der Waals surface area contributed by atoms with E-state index in [9.17, 15) is 9.18 Å². The Morgan fingerprint density at radius 3 is 2.45 bits per heavy atom. The Labute approximate surface area is 114 Å². The van der Waals surface area contributed by atoms with Crippen LogP contribution in [0.3, 0.4) is 0 Å². The summed E-state index contributed by atoms with van der Waals surface area (Å²) < 4.78 is 23.7. The van der Waals surface area contributed by atoms with Gasteiger partial charge in [0.1, 0.15) is 22.7 Å². The lowest BCUT2D eigenvalue weighted by molar-refractivity contribution is 0.415. The molecule has 3 rings (SSSR count). The molecule has 0 saturated heterocycles. The van der Waals surface area contributed by atoms with Crippen LogP contribution in [-0.4, -0.2) is 7.11 Å². The van der Waals surface area contributed by atoms with Crippen molar-refractivity contribution in [1.29, 1.82) is 0 Å². The standard InChI is InChI=1S/C16H11FO3/c1-19-15-12-4-2-3-5-13(12)20-16(18)14(15)10-6-8-11(17)9-7-10/h2-9H,1H3. The molecule has 20 heavy (non-hydrogen) atoms. The van der Waals surface area contributed by atoms with E-state index in [2.05, 4.69) is 0 Å². The number of para-hydroxylation sites is 1. The smallest absolute Gasteiger partial charge is 0.347 e. The van der Waals surface area contributed by atoms with E-state index in [1.54, 1.807) is 12.1 Å². The summed E-state index contributed by atoms with van der Waals surface area (Å²) in [4.78, 5) is 12.2. The third-order valence-corrected chi connectivity index (χ3v) is 3.10. The highest BCUT2D eigenvalue weighted by atomic mass is 19.1. The molecule has 0 spiro atoms. The van der Waals surface area contributed by atoms with E-state index in [-0.39, 0.29) is 5.82 Å². The van der Waals surface area contributed by atoms with Crippen LogP contribution in [-0.2, 0) is 0 Å². The molecule has 1 heterocycles. The first-order valence-electron chi connectivity index (χ1n) is 6.06. The first-order chi connectivity index (χ1) is 9.70. The molecule has 0 amide bonds. The van der Waals surface area contributed by atoms with Crippen LogP contribution in [0.15, 0.2) is 57.7 Å². The third-order valence-electron chi connectivity index (χ3n) is 3.10. The summed E-state index contributed by atoms with van der Waals surface area (Å²) in [5.74, 6) is 0.0707. The molecule has 0 radical (unpaired) electrons. The van der Waals surface area contributed by atoms with Gasteiger partial charge in [-0.15, -0.1) is 0 Å². The number of rotatable bonds is 2. The van der Waals surface area contributed by atoms with Gasteiger partial charge < -0.3 is 9.15 Å². The molecule has 3 nitrogen and oxygen atoms in total. The maximum atomic E-state index is 13.0. The third kappa shape index (κ3) is 1.95. The predicted octanol–water partition coefficient (Wildman–Crippen LogP) is 3.61. The highest BCUT2D eigenvalue weighted by molar-refractivity contribution is 5.90. The summed E-state index contributed by atoms with van der Waals surface area (Å²) in [5.41, 5.74) is 0.807. The monoisotopic (exact) mass is 270 g/mol. The first kappa shape index (κ1) is 12.4. The van der Waals surface area contributed by atoms with Crippen molar-refractivity contribution in [1.82, 2.24) is 0 Å². The van der Waals surface area contributed by atoms with Crippen LogP contribution in [0.4, 0.5) is 4.39 Å². The summed E-state index contributed by atoms with van der Waals surface area (Å²) in [5, 5.41) is 0.703. The zero-order chi connectivity index (χ0) is 14.1. The molecule has 0 aliphatic carbocycles. The zero-order valence-corrected chi connectivity index (χ0v) is 10.7. The van der Waals surface area contributed by atoms with Gasteiger partial charge in [-0.3, -0.25) is 0 Å². The van der Waals surface area contributed by atoms with E-state index in [1.807, 2.05) is 12.1 Å². The van der Waals surface area contributed by atoms with Crippen LogP contribution >= 0.6 is 0 Å². The van der Waals surface area contributed by atoms with Crippen molar-refractivity contribution in [2.24, 2.45) is 0 Å². The number of hydrogen-bond donors (Lipinski definition) is 0. The normalized spacial score (nSPS) is 10.7. The van der Waals surface area contributed by atoms with E-state index in [1.165, 1.54) is 31.4 Å². The maximum absolute atomic E-state index is 13.0. The molecule has 2 aromatic carbocycles. The fourth-order valence-corrected chi connectivity index (χ4v) is 2.20. The molecule has 0 aliphatic rings. The fraction of sp³-hybridized carbons (Fsp3) is 0.0625. The minimum absolute atomic E-state index is 0.297. The fourth-order valence-electron chi connectivity index (χ4n) is 2.20. The minimum atomic E-state index is -0.507. The van der Waals surface area contributed by atoms with Gasteiger partial charge in [0.05, 0.1) is 12.5 Å². The molecule has 1 aromatic heterocycles. The molecule has 0 fully saturated rings. The second-order valence-corrected chi connectivity index (χ2v) is 4.30. The Morgan fingerprint density at radius 2 is 1.75 bits per heavy atom. The molecular formula is C16H11FO3. The van der Waals surface area contributed by atoms with Crippen LogP contribution in [0, 0.1) is 5.82 Å². The van der Waals surface area contributed by atoms with Crippen LogP contribution in [0.2, 0.25) is 0 Å². The van der Waals surface area contributed by atoms with Gasteiger partial charge >= 0.3 is 5.63 Å². The molecular weight excluding hydrogens is 259 g/mol. The van der Waals surface area contributed by atoms with E-state index >= 15 is 0 Å². The Bertz CT molecular complexity index is 819. The minimum Gasteiger partial charge on any atom is -0.495 e. The summed E-state index contributed by atoms with van der Waals surface area (Å²) in [6.07, 6.45) is 0. The molecule has 0 aliphatic heterocycles. The Hall–Kier alpha value is -2.62. The molecule has 0 bridgehead atoms. The lowest BCUT2D eigenvalue weighted by Gasteiger charge is -2.10. The highest BCUT2D eigenvalue weighted by Gasteiger charge is 2.16. The van der Waals surface area contributed by atoms with E-state index in [0.717, 1.165) is 0 Å². The highest BCUT2D eigenvalue weighted by Crippen LogP contribution is 2.33. The first-order valence-corrected chi connectivity index (χ1v) is 6.06. The van der Waals surface area contributed by atoms with Crippen molar-refractivity contribution in [2.45, 2.75) is 0 Å². The topological polar surface area (TPSA) is 39.4 Å². The summed E-state index contributed by atoms with van der Waals surface area (Å²) in [6, 6.07) is 12.8. The van der Waals surface area contributed by atoms with Gasteiger partial charge in [0.2, 0.25) is 0 Å².